The van der Waals surface area contributed by atoms with E-state index in [1.807, 2.05) is 0 Å². The fraction of sp³-hybridized carbons (Fsp3) is 0.889. The normalized spacial score (nSPS) is 13.2. The fourth-order valence-electron chi connectivity index (χ4n) is 8.02. The summed E-state index contributed by atoms with van der Waals surface area (Å²) in [6, 6.07) is 0. The Hall–Kier alpha value is -1.51. The number of hydrogen-bond donors (Lipinski definition) is 2. The molecule has 0 bridgehead atoms. The Morgan fingerprint density at radius 3 is 1.20 bits per heavy atom. The van der Waals surface area contributed by atoms with Crippen LogP contribution in [0.25, 0.3) is 0 Å². The van der Waals surface area contributed by atoms with Crippen molar-refractivity contribution in [2.24, 2.45) is 5.73 Å². The highest BCUT2D eigenvalue weighted by Gasteiger charge is 2.26. The molecule has 0 saturated heterocycles. The van der Waals surface area contributed by atoms with E-state index < -0.39 is 26.5 Å². The van der Waals surface area contributed by atoms with E-state index in [0.29, 0.717) is 6.42 Å². The van der Waals surface area contributed by atoms with Gasteiger partial charge in [-0.25, -0.2) is 4.57 Å². The van der Waals surface area contributed by atoms with Crippen LogP contribution in [0.1, 0.15) is 277 Å². The van der Waals surface area contributed by atoms with E-state index in [-0.39, 0.29) is 38.6 Å². The Morgan fingerprint density at radius 2 is 0.812 bits per heavy atom. The number of esters is 2. The highest BCUT2D eigenvalue weighted by molar-refractivity contribution is 7.47. The molecule has 10 heteroatoms. The molecule has 0 aromatic carbocycles. The number of unbranched alkanes of at least 4 members (excludes halogenated alkanes) is 35. The summed E-state index contributed by atoms with van der Waals surface area (Å²) >= 11 is 0. The van der Waals surface area contributed by atoms with E-state index in [1.54, 1.807) is 0 Å². The molecule has 0 saturated carbocycles. The SMILES string of the molecule is CCCCCC/C=C\C/C=C\CCCCCCCCCC(=O)OC(COC(=O)CCCCCCCCCCCCCCCCCCCCCCCCCCC)COP(=O)(O)OCCN. The number of phosphoric ester groups is 1. The molecule has 0 aliphatic rings. The van der Waals surface area contributed by atoms with Gasteiger partial charge in [0.2, 0.25) is 0 Å². The molecule has 0 aromatic heterocycles. The number of phosphoric acid groups is 1. The Labute approximate surface area is 395 Å². The van der Waals surface area contributed by atoms with E-state index in [0.717, 1.165) is 51.4 Å². The van der Waals surface area contributed by atoms with Crippen molar-refractivity contribution in [1.29, 1.82) is 0 Å². The van der Waals surface area contributed by atoms with Gasteiger partial charge < -0.3 is 20.1 Å². The quantitative estimate of drug-likeness (QED) is 0.0265. The molecule has 64 heavy (non-hydrogen) atoms. The number of carbonyl (C=O) groups excluding carboxylic acids is 2. The third-order valence-electron chi connectivity index (χ3n) is 12.1. The second-order valence-corrected chi connectivity index (χ2v) is 19.9. The first-order valence-electron chi connectivity index (χ1n) is 27.3. The highest BCUT2D eigenvalue weighted by Crippen LogP contribution is 2.43. The smallest absolute Gasteiger partial charge is 0.462 e. The predicted octanol–water partition coefficient (Wildman–Crippen LogP) is 16.7. The van der Waals surface area contributed by atoms with E-state index in [2.05, 4.69) is 38.2 Å². The van der Waals surface area contributed by atoms with Gasteiger partial charge in [-0.05, 0) is 44.9 Å². The number of rotatable bonds is 52. The minimum atomic E-state index is -4.38. The molecule has 2 atom stereocenters. The molecule has 0 aliphatic carbocycles. The van der Waals surface area contributed by atoms with Crippen LogP contribution in [0.5, 0.6) is 0 Å². The van der Waals surface area contributed by atoms with Crippen molar-refractivity contribution in [2.45, 2.75) is 283 Å². The van der Waals surface area contributed by atoms with Crippen LogP contribution in [-0.2, 0) is 32.7 Å². The maximum Gasteiger partial charge on any atom is 0.472 e. The molecule has 0 spiro atoms. The van der Waals surface area contributed by atoms with Crippen molar-refractivity contribution in [3.63, 3.8) is 0 Å². The summed E-state index contributed by atoms with van der Waals surface area (Å²) in [4.78, 5) is 35.1. The standard InChI is InChI=1S/C54H104NO8P/c1-3-5-7-9-11-13-15-17-19-21-23-24-25-26-27-28-29-31-32-34-36-38-40-42-44-46-53(56)60-50-52(51-62-64(58,59)61-49-48-55)63-54(57)47-45-43-41-39-37-35-33-30-22-20-18-16-14-12-10-8-6-4-2/h14,16,20,22,52H,3-13,15,17-19,21,23-51,55H2,1-2H3,(H,58,59)/b16-14-,22-20-. The van der Waals surface area contributed by atoms with Gasteiger partial charge in [0.15, 0.2) is 6.10 Å². The average molecular weight is 926 g/mol. The fourth-order valence-corrected chi connectivity index (χ4v) is 8.79. The molecule has 3 N–H and O–H groups in total. The molecular weight excluding hydrogens is 822 g/mol. The molecule has 0 fully saturated rings. The van der Waals surface area contributed by atoms with Crippen LogP contribution in [0.15, 0.2) is 24.3 Å². The summed E-state index contributed by atoms with van der Waals surface area (Å²) in [6.45, 7) is 3.76. The minimum absolute atomic E-state index is 0.0539. The van der Waals surface area contributed by atoms with Gasteiger partial charge in [-0.15, -0.1) is 0 Å². The van der Waals surface area contributed by atoms with Gasteiger partial charge in [0.05, 0.1) is 13.2 Å². The minimum Gasteiger partial charge on any atom is -0.462 e. The first-order chi connectivity index (χ1) is 31.3. The molecule has 0 radical (unpaired) electrons. The third-order valence-corrected chi connectivity index (χ3v) is 13.1. The number of carbonyl (C=O) groups is 2. The second kappa shape index (κ2) is 50.9. The van der Waals surface area contributed by atoms with Crippen LogP contribution in [-0.4, -0.2) is 49.3 Å². The van der Waals surface area contributed by atoms with Crippen molar-refractivity contribution < 1.29 is 37.6 Å². The lowest BCUT2D eigenvalue weighted by Gasteiger charge is -2.19. The van der Waals surface area contributed by atoms with Crippen LogP contribution in [0.4, 0.5) is 0 Å². The average Bonchev–Trinajstić information content (AvgIpc) is 3.28. The summed E-state index contributed by atoms with van der Waals surface area (Å²) in [6.07, 6.45) is 58.0. The van der Waals surface area contributed by atoms with E-state index in [1.165, 1.54) is 193 Å². The number of hydrogen-bond acceptors (Lipinski definition) is 8. The number of ether oxygens (including phenoxy) is 2. The summed E-state index contributed by atoms with van der Waals surface area (Å²) in [5.74, 6) is -0.822. The van der Waals surface area contributed by atoms with E-state index in [4.69, 9.17) is 24.3 Å². The van der Waals surface area contributed by atoms with Crippen LogP contribution in [0.3, 0.4) is 0 Å². The molecule has 0 aliphatic heterocycles. The van der Waals surface area contributed by atoms with Crippen molar-refractivity contribution in [2.75, 3.05) is 26.4 Å². The summed E-state index contributed by atoms with van der Waals surface area (Å²) in [5, 5.41) is 0. The van der Waals surface area contributed by atoms with Crippen LogP contribution in [0.2, 0.25) is 0 Å². The Balaban J connectivity index is 3.95. The zero-order valence-corrected chi connectivity index (χ0v) is 42.9. The number of allylic oxidation sites excluding steroid dienone is 4. The lowest BCUT2D eigenvalue weighted by molar-refractivity contribution is -0.161. The lowest BCUT2D eigenvalue weighted by atomic mass is 10.0. The van der Waals surface area contributed by atoms with Crippen molar-refractivity contribution >= 4 is 19.8 Å². The third kappa shape index (κ3) is 49.9. The molecule has 2 unspecified atom stereocenters. The highest BCUT2D eigenvalue weighted by atomic mass is 31.2. The van der Waals surface area contributed by atoms with E-state index in [9.17, 15) is 19.0 Å². The summed E-state index contributed by atoms with van der Waals surface area (Å²) in [5.41, 5.74) is 5.37. The topological polar surface area (TPSA) is 134 Å². The van der Waals surface area contributed by atoms with Gasteiger partial charge in [-0.2, -0.15) is 0 Å². The van der Waals surface area contributed by atoms with Gasteiger partial charge >= 0.3 is 19.8 Å². The molecule has 0 heterocycles. The summed E-state index contributed by atoms with van der Waals surface area (Å²) < 4.78 is 33.0. The van der Waals surface area contributed by atoms with Gasteiger partial charge in [0.1, 0.15) is 6.61 Å². The van der Waals surface area contributed by atoms with Gasteiger partial charge in [-0.3, -0.25) is 18.6 Å². The lowest BCUT2D eigenvalue weighted by Crippen LogP contribution is -2.29. The van der Waals surface area contributed by atoms with Crippen LogP contribution >= 0.6 is 7.82 Å². The Kier molecular flexibility index (Phi) is 49.7. The van der Waals surface area contributed by atoms with Gasteiger partial charge in [0, 0.05) is 19.4 Å². The maximum atomic E-state index is 12.7. The van der Waals surface area contributed by atoms with Crippen molar-refractivity contribution in [3.8, 4) is 0 Å². The number of nitrogens with two attached hydrogens (primary N) is 1. The van der Waals surface area contributed by atoms with Gasteiger partial charge in [0.25, 0.3) is 0 Å². The molecule has 0 amide bonds. The second-order valence-electron chi connectivity index (χ2n) is 18.5. The first kappa shape index (κ1) is 62.5. The molecule has 378 valence electrons. The monoisotopic (exact) mass is 926 g/mol. The Bertz CT molecular complexity index is 1100. The van der Waals surface area contributed by atoms with Crippen molar-refractivity contribution in [3.05, 3.63) is 24.3 Å². The molecular formula is C54H104NO8P. The Morgan fingerprint density at radius 1 is 0.469 bits per heavy atom. The van der Waals surface area contributed by atoms with Gasteiger partial charge in [-0.1, -0.05) is 244 Å². The van der Waals surface area contributed by atoms with Crippen LogP contribution in [0, 0.1) is 0 Å². The van der Waals surface area contributed by atoms with Crippen LogP contribution < -0.4 is 5.73 Å². The van der Waals surface area contributed by atoms with E-state index >= 15 is 0 Å². The molecule has 0 aromatic rings. The zero-order valence-electron chi connectivity index (χ0n) is 42.0. The maximum absolute atomic E-state index is 12.7. The van der Waals surface area contributed by atoms with Crippen molar-refractivity contribution in [1.82, 2.24) is 0 Å². The summed E-state index contributed by atoms with van der Waals surface area (Å²) in [7, 11) is -4.38. The predicted molar refractivity (Wildman–Crippen MR) is 271 cm³/mol. The largest absolute Gasteiger partial charge is 0.472 e. The molecule has 0 rings (SSSR count). The first-order valence-corrected chi connectivity index (χ1v) is 28.8. The molecule has 9 nitrogen and oxygen atoms in total. The zero-order chi connectivity index (χ0) is 46.7.